The molecule has 3 aromatic heterocycles. The van der Waals surface area contributed by atoms with Gasteiger partial charge in [-0.25, -0.2) is 23.4 Å². The van der Waals surface area contributed by atoms with Crippen LogP contribution in [0.25, 0.3) is 11.4 Å². The first-order valence-corrected chi connectivity index (χ1v) is 14.2. The normalized spacial score (nSPS) is 21.6. The van der Waals surface area contributed by atoms with Gasteiger partial charge >= 0.3 is 0 Å². The Labute approximate surface area is 214 Å². The van der Waals surface area contributed by atoms with Crippen molar-refractivity contribution in [3.05, 3.63) is 42.5 Å². The van der Waals surface area contributed by atoms with Gasteiger partial charge in [-0.15, -0.1) is 0 Å². The van der Waals surface area contributed by atoms with E-state index in [-0.39, 0.29) is 35.5 Å². The van der Waals surface area contributed by atoms with E-state index in [1.807, 2.05) is 6.07 Å². The van der Waals surface area contributed by atoms with Gasteiger partial charge in [0.1, 0.15) is 11.6 Å². The van der Waals surface area contributed by atoms with Crippen LogP contribution in [-0.4, -0.2) is 61.3 Å². The average Bonchev–Trinajstić information content (AvgIpc) is 3.83. The van der Waals surface area contributed by atoms with Crippen molar-refractivity contribution < 1.29 is 18.3 Å². The number of carbonyl (C=O) groups excluding carboxylic acids is 1. The van der Waals surface area contributed by atoms with E-state index >= 15 is 0 Å². The third-order valence-corrected chi connectivity index (χ3v) is 9.25. The zero-order valence-electron chi connectivity index (χ0n) is 20.2. The van der Waals surface area contributed by atoms with Gasteiger partial charge in [-0.05, 0) is 56.9 Å². The summed E-state index contributed by atoms with van der Waals surface area (Å²) in [6, 6.07) is 3.70. The predicted octanol–water partition coefficient (Wildman–Crippen LogP) is 2.98. The predicted molar refractivity (Wildman–Crippen MR) is 137 cm³/mol. The van der Waals surface area contributed by atoms with Gasteiger partial charge < -0.3 is 15.7 Å². The van der Waals surface area contributed by atoms with Crippen molar-refractivity contribution in [3.63, 3.8) is 0 Å². The summed E-state index contributed by atoms with van der Waals surface area (Å²) in [7, 11) is -3.47. The number of aliphatic hydroxyl groups excluding tert-OH is 1. The van der Waals surface area contributed by atoms with E-state index in [1.54, 1.807) is 18.5 Å². The highest BCUT2D eigenvalue weighted by molar-refractivity contribution is 7.90. The molecule has 3 fully saturated rings. The molecule has 11 nitrogen and oxygen atoms in total. The minimum atomic E-state index is -3.47. The molecule has 0 aliphatic heterocycles. The first-order chi connectivity index (χ1) is 17.9. The second kappa shape index (κ2) is 9.49. The smallest absolute Gasteiger partial charge is 0.256 e. The lowest BCUT2D eigenvalue weighted by molar-refractivity contribution is 0.0968. The Hall–Kier alpha value is -3.38. The number of carbonyl (C=O) groups is 1. The lowest BCUT2D eigenvalue weighted by Crippen LogP contribution is -2.19. The van der Waals surface area contributed by atoms with Crippen LogP contribution >= 0.6 is 0 Å². The topological polar surface area (TPSA) is 152 Å². The van der Waals surface area contributed by atoms with E-state index in [0.717, 1.165) is 41.9 Å². The number of nitrogens with zero attached hydrogens (tertiary/aromatic N) is 5. The summed E-state index contributed by atoms with van der Waals surface area (Å²) in [6.07, 6.45) is 12.0. The maximum absolute atomic E-state index is 12.9. The van der Waals surface area contributed by atoms with Gasteiger partial charge in [-0.3, -0.25) is 4.79 Å². The molecule has 194 valence electrons. The number of ketones is 1. The van der Waals surface area contributed by atoms with Crippen molar-refractivity contribution in [1.82, 2.24) is 24.1 Å². The van der Waals surface area contributed by atoms with E-state index < -0.39 is 10.0 Å². The Bertz CT molecular complexity index is 1430. The van der Waals surface area contributed by atoms with Crippen molar-refractivity contribution in [2.24, 2.45) is 11.8 Å². The summed E-state index contributed by atoms with van der Waals surface area (Å²) < 4.78 is 25.9. The Morgan fingerprint density at radius 3 is 2.65 bits per heavy atom. The number of aliphatic hydroxyl groups is 1. The first-order valence-electron chi connectivity index (χ1n) is 12.7. The number of rotatable bonds is 10. The van der Waals surface area contributed by atoms with Crippen molar-refractivity contribution in [3.8, 4) is 11.4 Å². The van der Waals surface area contributed by atoms with E-state index in [0.29, 0.717) is 41.4 Å². The molecule has 3 N–H and O–H groups in total. The van der Waals surface area contributed by atoms with Crippen molar-refractivity contribution in [2.75, 3.05) is 17.2 Å². The molecule has 3 heterocycles. The summed E-state index contributed by atoms with van der Waals surface area (Å²) >= 11 is 0. The molecule has 0 amide bonds. The molecule has 3 aliphatic carbocycles. The second-order valence-corrected chi connectivity index (χ2v) is 12.3. The van der Waals surface area contributed by atoms with Crippen molar-refractivity contribution in [1.29, 1.82) is 0 Å². The SMILES string of the molecule is O=C(c1cnc(Nc2ccnc(-c3cnn(S(=O)(=O)C4CC4)c3)n2)cc1NC1CCC(CO)C1)C1CC1. The molecule has 0 aromatic carbocycles. The minimum Gasteiger partial charge on any atom is -0.396 e. The Morgan fingerprint density at radius 1 is 1.08 bits per heavy atom. The van der Waals surface area contributed by atoms with Gasteiger partial charge in [0.05, 0.1) is 34.5 Å². The minimum absolute atomic E-state index is 0.0731. The summed E-state index contributed by atoms with van der Waals surface area (Å²) in [5.41, 5.74) is 1.82. The Balaban J connectivity index is 1.23. The van der Waals surface area contributed by atoms with Crippen LogP contribution in [0.2, 0.25) is 0 Å². The monoisotopic (exact) mass is 523 g/mol. The van der Waals surface area contributed by atoms with E-state index in [4.69, 9.17) is 0 Å². The van der Waals surface area contributed by atoms with Gasteiger partial charge in [-0.2, -0.15) is 9.19 Å². The van der Waals surface area contributed by atoms with Crippen LogP contribution in [0.1, 0.15) is 55.3 Å². The number of Topliss-reactive ketones (excluding diaryl/α,β-unsaturated/α-hetero) is 1. The number of hydrogen-bond acceptors (Lipinski definition) is 10. The third kappa shape index (κ3) is 5.08. The average molecular weight is 524 g/mol. The fourth-order valence-electron chi connectivity index (χ4n) is 4.77. The molecule has 12 heteroatoms. The highest BCUT2D eigenvalue weighted by atomic mass is 32.2. The Kier molecular flexibility index (Phi) is 6.15. The van der Waals surface area contributed by atoms with Crippen LogP contribution in [0, 0.1) is 11.8 Å². The van der Waals surface area contributed by atoms with Gasteiger partial charge in [0.15, 0.2) is 11.6 Å². The third-order valence-electron chi connectivity index (χ3n) is 7.21. The molecule has 3 aromatic rings. The zero-order chi connectivity index (χ0) is 25.6. The molecule has 0 bridgehead atoms. The lowest BCUT2D eigenvalue weighted by atomic mass is 10.1. The number of nitrogens with one attached hydrogen (secondary N) is 2. The van der Waals surface area contributed by atoms with Crippen molar-refractivity contribution >= 4 is 33.1 Å². The van der Waals surface area contributed by atoms with Gasteiger partial charge in [-0.1, -0.05) is 0 Å². The molecule has 0 saturated heterocycles. The van der Waals surface area contributed by atoms with Crippen LogP contribution in [-0.2, 0) is 10.0 Å². The fourth-order valence-corrected chi connectivity index (χ4v) is 6.25. The van der Waals surface area contributed by atoms with E-state index in [9.17, 15) is 18.3 Å². The zero-order valence-corrected chi connectivity index (χ0v) is 21.1. The molecule has 37 heavy (non-hydrogen) atoms. The van der Waals surface area contributed by atoms with Crippen LogP contribution in [0.3, 0.4) is 0 Å². The van der Waals surface area contributed by atoms with Gasteiger partial charge in [0.2, 0.25) is 0 Å². The molecular weight excluding hydrogens is 494 g/mol. The highest BCUT2D eigenvalue weighted by Crippen LogP contribution is 2.36. The molecular formula is C25H29N7O4S. The number of aromatic nitrogens is 5. The van der Waals surface area contributed by atoms with Crippen molar-refractivity contribution in [2.45, 2.75) is 56.2 Å². The maximum atomic E-state index is 12.9. The second-order valence-electron chi connectivity index (χ2n) is 10.2. The largest absolute Gasteiger partial charge is 0.396 e. The van der Waals surface area contributed by atoms with Gasteiger partial charge in [0.25, 0.3) is 10.0 Å². The summed E-state index contributed by atoms with van der Waals surface area (Å²) in [6.45, 7) is 0.177. The molecule has 6 rings (SSSR count). The highest BCUT2D eigenvalue weighted by Gasteiger charge is 2.38. The van der Waals surface area contributed by atoms with Crippen LogP contribution < -0.4 is 10.6 Å². The molecule has 2 atom stereocenters. The summed E-state index contributed by atoms with van der Waals surface area (Å²) in [5.74, 6) is 1.79. The molecule has 2 unspecified atom stereocenters. The van der Waals surface area contributed by atoms with Crippen LogP contribution in [0.4, 0.5) is 17.3 Å². The molecule has 3 aliphatic rings. The van der Waals surface area contributed by atoms with Gasteiger partial charge in [0, 0.05) is 37.0 Å². The van der Waals surface area contributed by atoms with Crippen LogP contribution in [0.15, 0.2) is 36.9 Å². The Morgan fingerprint density at radius 2 is 1.92 bits per heavy atom. The molecule has 0 radical (unpaired) electrons. The summed E-state index contributed by atoms with van der Waals surface area (Å²) in [4.78, 5) is 26.2. The van der Waals surface area contributed by atoms with E-state index in [1.165, 1.54) is 12.4 Å². The molecule has 0 spiro atoms. The lowest BCUT2D eigenvalue weighted by Gasteiger charge is -2.18. The van der Waals surface area contributed by atoms with E-state index in [2.05, 4.69) is 30.7 Å². The number of pyridine rings is 1. The van der Waals surface area contributed by atoms with Crippen LogP contribution in [0.5, 0.6) is 0 Å². The maximum Gasteiger partial charge on any atom is 0.256 e. The quantitative estimate of drug-likeness (QED) is 0.338. The first kappa shape index (κ1) is 24.0. The standard InChI is InChI=1S/C25H29N7O4S/c33-14-15-1-4-18(9-15)29-21-10-23(27-12-20(21)24(34)16-2-3-16)30-22-7-8-26-25(31-22)17-11-28-32(13-17)37(35,36)19-5-6-19/h7-8,10-13,15-16,18-19,33H,1-6,9,14H2,(H2,26,27,29,30,31). The summed E-state index contributed by atoms with van der Waals surface area (Å²) in [5, 5.41) is 19.9. The molecule has 3 saturated carbocycles. The number of anilines is 3. The fraction of sp³-hybridized carbons (Fsp3) is 0.480. The number of hydrogen-bond donors (Lipinski definition) is 3.